The number of nitrogens with one attached hydrogen (secondary N) is 1. The van der Waals surface area contributed by atoms with E-state index < -0.39 is 13.2 Å². The van der Waals surface area contributed by atoms with Gasteiger partial charge >= 0.3 is 13.2 Å². The molecule has 4 aromatic carbocycles. The molecule has 39 heavy (non-hydrogen) atoms. The number of carbonyl (C=O) groups is 1. The number of aryl methyl sites for hydroxylation is 1. The molecule has 0 atom stereocenters. The van der Waals surface area contributed by atoms with Gasteiger partial charge in [-0.15, -0.1) is 0 Å². The molecule has 198 valence electrons. The van der Waals surface area contributed by atoms with Crippen LogP contribution in [0, 0.1) is 6.92 Å². The first-order valence-electron chi connectivity index (χ1n) is 11.7. The molecule has 5 rings (SSSR count). The first-order valence-corrected chi connectivity index (χ1v) is 12.1. The lowest BCUT2D eigenvalue weighted by Gasteiger charge is -2.04. The van der Waals surface area contributed by atoms with Gasteiger partial charge in [0.25, 0.3) is 0 Å². The second-order valence-electron chi connectivity index (χ2n) is 8.43. The second kappa shape index (κ2) is 12.0. The van der Waals surface area contributed by atoms with Crippen molar-refractivity contribution in [2.75, 3.05) is 0 Å². The van der Waals surface area contributed by atoms with E-state index >= 15 is 0 Å². The minimum Gasteiger partial charge on any atom is -0.456 e. The molecule has 1 aromatic heterocycles. The Hall–Kier alpha value is -4.37. The van der Waals surface area contributed by atoms with Gasteiger partial charge in [-0.2, -0.15) is 0 Å². The Morgan fingerprint density at radius 3 is 2.13 bits per heavy atom. The van der Waals surface area contributed by atoms with Gasteiger partial charge in [0.2, 0.25) is 11.0 Å². The van der Waals surface area contributed by atoms with Crippen molar-refractivity contribution in [2.24, 2.45) is 0 Å². The van der Waals surface area contributed by atoms with Crippen molar-refractivity contribution in [3.05, 3.63) is 125 Å². The maximum Gasteiger partial charge on any atom is 0.673 e. The van der Waals surface area contributed by atoms with Crippen molar-refractivity contribution in [1.29, 1.82) is 0 Å². The molecule has 0 unspecified atom stereocenters. The van der Waals surface area contributed by atoms with Crippen molar-refractivity contribution < 1.29 is 36.2 Å². The molecular weight excluding hydrogens is 533 g/mol. The summed E-state index contributed by atoms with van der Waals surface area (Å²) in [5.41, 5.74) is 4.23. The summed E-state index contributed by atoms with van der Waals surface area (Å²) in [4.78, 5) is 15.8. The Labute approximate surface area is 226 Å². The monoisotopic (exact) mass is 553 g/mol. The molecule has 0 fully saturated rings. The van der Waals surface area contributed by atoms with Crippen LogP contribution in [0.25, 0.3) is 22.3 Å². The summed E-state index contributed by atoms with van der Waals surface area (Å²) in [6.07, 6.45) is 0. The fourth-order valence-electron chi connectivity index (χ4n) is 3.66. The maximum atomic E-state index is 12.4. The van der Waals surface area contributed by atoms with Crippen LogP contribution in [-0.2, 0) is 0 Å². The lowest BCUT2D eigenvalue weighted by atomic mass is 10.1. The predicted octanol–water partition coefficient (Wildman–Crippen LogP) is 6.89. The molecule has 1 N–H and O–H groups in total. The van der Waals surface area contributed by atoms with Gasteiger partial charge in [0.15, 0.2) is 0 Å². The van der Waals surface area contributed by atoms with E-state index in [1.807, 2.05) is 60.7 Å². The number of benzene rings is 4. The molecule has 5 aromatic rings. The zero-order valence-electron chi connectivity index (χ0n) is 20.5. The number of carbonyl (C=O) groups excluding carboxylic acids is 1. The van der Waals surface area contributed by atoms with E-state index in [1.54, 1.807) is 36.4 Å². The summed E-state index contributed by atoms with van der Waals surface area (Å²) in [5, 5.41) is 2.48. The number of hydrogen-bond acceptors (Lipinski definition) is 3. The Morgan fingerprint density at radius 1 is 0.846 bits per heavy atom. The van der Waals surface area contributed by atoms with Crippen molar-refractivity contribution in [3.8, 4) is 17.1 Å². The lowest BCUT2D eigenvalue weighted by Crippen LogP contribution is -2.70. The average Bonchev–Trinajstić information content (AvgIpc) is 2.90. The van der Waals surface area contributed by atoms with Gasteiger partial charge in [-0.3, -0.25) is 0 Å². The third-order valence-corrected chi connectivity index (χ3v) is 5.65. The molecule has 0 aliphatic rings. The van der Waals surface area contributed by atoms with Crippen LogP contribution in [0.1, 0.15) is 15.9 Å². The zero-order valence-corrected chi connectivity index (χ0v) is 21.3. The van der Waals surface area contributed by atoms with Gasteiger partial charge in [-0.05, 0) is 55.5 Å². The highest BCUT2D eigenvalue weighted by Gasteiger charge is 2.20. The highest BCUT2D eigenvalue weighted by Crippen LogP contribution is 2.22. The van der Waals surface area contributed by atoms with E-state index in [9.17, 15) is 22.1 Å². The highest BCUT2D eigenvalue weighted by atomic mass is 35.5. The Morgan fingerprint density at radius 2 is 1.49 bits per heavy atom. The van der Waals surface area contributed by atoms with Gasteiger partial charge < -0.3 is 26.4 Å². The van der Waals surface area contributed by atoms with Gasteiger partial charge in [0.05, 0.1) is 17.0 Å². The SMILES string of the molecule is Cc1ccc2oc(-c3ccccc3)cc(=[NH+]c3ccc(OC(=O)c4ccc(Cl)cc4)cc3)c2c1.F[B-](F)(F)F. The highest BCUT2D eigenvalue weighted by molar-refractivity contribution is 6.50. The molecular formula is C29H21BClF4NO3. The van der Waals surface area contributed by atoms with E-state index in [2.05, 4.69) is 18.0 Å². The summed E-state index contributed by atoms with van der Waals surface area (Å²) in [6.45, 7) is 2.05. The van der Waals surface area contributed by atoms with Gasteiger partial charge in [-0.1, -0.05) is 53.6 Å². The number of ether oxygens (including phenoxy) is 1. The molecule has 0 saturated carbocycles. The van der Waals surface area contributed by atoms with Crippen LogP contribution in [0.3, 0.4) is 0 Å². The summed E-state index contributed by atoms with van der Waals surface area (Å²) < 4.78 is 50.7. The van der Waals surface area contributed by atoms with E-state index in [1.165, 1.54) is 0 Å². The molecule has 0 amide bonds. The van der Waals surface area contributed by atoms with Gasteiger partial charge in [0, 0.05) is 22.7 Å². The third kappa shape index (κ3) is 8.06. The molecule has 0 radical (unpaired) electrons. The number of esters is 1. The Bertz CT molecular complexity index is 1650. The van der Waals surface area contributed by atoms with Crippen molar-refractivity contribution in [2.45, 2.75) is 6.92 Å². The van der Waals surface area contributed by atoms with E-state index in [4.69, 9.17) is 20.8 Å². The van der Waals surface area contributed by atoms with Gasteiger partial charge in [0.1, 0.15) is 17.1 Å². The number of halogens is 5. The van der Waals surface area contributed by atoms with Crippen LogP contribution in [-0.4, -0.2) is 13.2 Å². The molecule has 0 aliphatic carbocycles. The summed E-state index contributed by atoms with van der Waals surface area (Å²) in [5.74, 6) is 0.795. The summed E-state index contributed by atoms with van der Waals surface area (Å²) in [7, 11) is -6.00. The molecule has 0 spiro atoms. The van der Waals surface area contributed by atoms with Crippen molar-refractivity contribution >= 4 is 41.5 Å². The molecule has 0 saturated heterocycles. The number of hydrogen-bond donors (Lipinski definition) is 1. The zero-order chi connectivity index (χ0) is 28.0. The Kier molecular flexibility index (Phi) is 8.51. The average molecular weight is 554 g/mol. The fourth-order valence-corrected chi connectivity index (χ4v) is 3.79. The number of fused-ring (bicyclic) bond motifs is 1. The molecule has 0 bridgehead atoms. The molecule has 4 nitrogen and oxygen atoms in total. The maximum absolute atomic E-state index is 12.4. The van der Waals surface area contributed by atoms with Crippen LogP contribution in [0.2, 0.25) is 5.02 Å². The first-order chi connectivity index (χ1) is 18.5. The van der Waals surface area contributed by atoms with Crippen LogP contribution in [0.4, 0.5) is 23.0 Å². The van der Waals surface area contributed by atoms with Crippen LogP contribution in [0.5, 0.6) is 5.75 Å². The topological polar surface area (TPSA) is 53.4 Å². The lowest BCUT2D eigenvalue weighted by molar-refractivity contribution is -0.400. The number of rotatable bonds is 4. The van der Waals surface area contributed by atoms with Crippen LogP contribution >= 0.6 is 11.6 Å². The minimum absolute atomic E-state index is 0.434. The summed E-state index contributed by atoms with van der Waals surface area (Å²) >= 11 is 5.89. The third-order valence-electron chi connectivity index (χ3n) is 5.40. The van der Waals surface area contributed by atoms with Crippen LogP contribution < -0.4 is 15.1 Å². The van der Waals surface area contributed by atoms with Gasteiger partial charge in [-0.25, -0.2) is 9.79 Å². The largest absolute Gasteiger partial charge is 0.673 e. The van der Waals surface area contributed by atoms with Crippen LogP contribution in [0.15, 0.2) is 108 Å². The van der Waals surface area contributed by atoms with E-state index in [-0.39, 0.29) is 0 Å². The molecule has 0 aliphatic heterocycles. The molecule has 1 heterocycles. The van der Waals surface area contributed by atoms with Crippen molar-refractivity contribution in [3.63, 3.8) is 0 Å². The first kappa shape index (κ1) is 27.7. The van der Waals surface area contributed by atoms with E-state index in [0.29, 0.717) is 16.3 Å². The standard InChI is InChI=1S/C29H20ClNO3.BF4/c1-19-7-16-27-25(17-19)26(18-28(34-27)20-5-3-2-4-6-20)31-23-12-14-24(15-13-23)33-29(32)21-8-10-22(30)11-9-21;2-1(3,4)5/h2-18H,1H3;/q;-1/p+1. The summed E-state index contributed by atoms with van der Waals surface area (Å²) in [6, 6.07) is 32.0. The minimum atomic E-state index is -6.00. The van der Waals surface area contributed by atoms with E-state index in [0.717, 1.165) is 38.9 Å². The molecule has 10 heteroatoms. The normalized spacial score (nSPS) is 11.6. The second-order valence-corrected chi connectivity index (χ2v) is 8.87. The quantitative estimate of drug-likeness (QED) is 0.114. The smallest absolute Gasteiger partial charge is 0.456 e. The predicted molar refractivity (Wildman–Crippen MR) is 143 cm³/mol. The fraction of sp³-hybridized carbons (Fsp3) is 0.0345. The van der Waals surface area contributed by atoms with Crippen molar-refractivity contribution in [1.82, 2.24) is 0 Å². The Balaban J connectivity index is 0.000000648.